The number of aromatic nitrogens is 3. The van der Waals surface area contributed by atoms with E-state index in [0.717, 1.165) is 16.7 Å². The van der Waals surface area contributed by atoms with Gasteiger partial charge >= 0.3 is 11.2 Å². The Morgan fingerprint density at radius 2 is 1.84 bits per heavy atom. The Bertz CT molecular complexity index is 1330. The highest BCUT2D eigenvalue weighted by Crippen LogP contribution is 2.31. The van der Waals surface area contributed by atoms with Gasteiger partial charge in [-0.15, -0.1) is 0 Å². The summed E-state index contributed by atoms with van der Waals surface area (Å²) in [4.78, 5) is 15.8. The van der Waals surface area contributed by atoms with E-state index in [0.29, 0.717) is 17.7 Å². The van der Waals surface area contributed by atoms with E-state index in [1.165, 1.54) is 23.8 Å². The van der Waals surface area contributed by atoms with Crippen molar-refractivity contribution in [1.29, 1.82) is 5.41 Å². The Kier molecular flexibility index (Phi) is 5.40. The molecule has 0 aliphatic heterocycles. The van der Waals surface area contributed by atoms with E-state index in [1.54, 1.807) is 6.07 Å². The third kappa shape index (κ3) is 3.91. The lowest BCUT2D eigenvalue weighted by Crippen LogP contribution is -2.25. The van der Waals surface area contributed by atoms with E-state index in [9.17, 15) is 31.5 Å². The second-order valence-corrected chi connectivity index (χ2v) is 8.46. The van der Waals surface area contributed by atoms with Crippen LogP contribution >= 0.6 is 0 Å². The molecular formula is C18H16F3N5O4S. The standard InChI is InChI=1S/C18H16F3N5O4S/c1-10-16(27)26(12-2-4-13(5-3-12)31(29,30)18(19,20)21)17(28)25(10)9-11-6-7-24-14(8-11)15(22)23/h2-8,27H,9H2,1H3,(H3,22,23). The van der Waals surface area contributed by atoms with Crippen LogP contribution in [0, 0.1) is 12.3 Å². The number of nitrogens with one attached hydrogen (secondary N) is 1. The first-order chi connectivity index (χ1) is 14.3. The van der Waals surface area contributed by atoms with Gasteiger partial charge in [-0.3, -0.25) is 15.0 Å². The molecule has 13 heteroatoms. The van der Waals surface area contributed by atoms with Crippen LogP contribution in [0.1, 0.15) is 17.0 Å². The van der Waals surface area contributed by atoms with Crippen LogP contribution in [0.3, 0.4) is 0 Å². The second kappa shape index (κ2) is 7.58. The van der Waals surface area contributed by atoms with Gasteiger partial charge in [-0.1, -0.05) is 0 Å². The number of imidazole rings is 1. The molecule has 4 N–H and O–H groups in total. The lowest BCUT2D eigenvalue weighted by Gasteiger charge is -2.09. The van der Waals surface area contributed by atoms with Gasteiger partial charge in [0, 0.05) is 6.20 Å². The molecule has 31 heavy (non-hydrogen) atoms. The highest BCUT2D eigenvalue weighted by Gasteiger charge is 2.46. The first-order valence-corrected chi connectivity index (χ1v) is 10.0. The summed E-state index contributed by atoms with van der Waals surface area (Å²) in [6, 6.07) is 6.48. The van der Waals surface area contributed by atoms with Crippen molar-refractivity contribution in [3.63, 3.8) is 0 Å². The predicted molar refractivity (Wildman–Crippen MR) is 104 cm³/mol. The van der Waals surface area contributed by atoms with E-state index >= 15 is 0 Å². The van der Waals surface area contributed by atoms with Gasteiger partial charge in [-0.25, -0.2) is 17.8 Å². The number of rotatable bonds is 5. The number of halogens is 3. The number of hydrogen-bond acceptors (Lipinski definition) is 6. The van der Waals surface area contributed by atoms with Crippen molar-refractivity contribution in [2.45, 2.75) is 23.9 Å². The zero-order chi connectivity index (χ0) is 23.1. The van der Waals surface area contributed by atoms with E-state index < -0.39 is 31.8 Å². The lowest BCUT2D eigenvalue weighted by atomic mass is 10.2. The number of nitrogens with zero attached hydrogens (tertiary/aromatic N) is 3. The molecule has 0 radical (unpaired) electrons. The number of pyridine rings is 1. The lowest BCUT2D eigenvalue weighted by molar-refractivity contribution is -0.0436. The fraction of sp³-hybridized carbons (Fsp3) is 0.167. The number of hydrogen-bond donors (Lipinski definition) is 3. The van der Waals surface area contributed by atoms with Crippen LogP contribution in [0.5, 0.6) is 5.88 Å². The quantitative estimate of drug-likeness (QED) is 0.394. The second-order valence-electron chi connectivity index (χ2n) is 6.52. The summed E-state index contributed by atoms with van der Waals surface area (Å²) >= 11 is 0. The first kappa shape index (κ1) is 22.1. The molecule has 2 aromatic heterocycles. The summed E-state index contributed by atoms with van der Waals surface area (Å²) in [5.41, 5.74) is 0.145. The fourth-order valence-electron chi connectivity index (χ4n) is 2.87. The van der Waals surface area contributed by atoms with E-state index in [1.807, 2.05) is 0 Å². The fourth-order valence-corrected chi connectivity index (χ4v) is 3.63. The summed E-state index contributed by atoms with van der Waals surface area (Å²) in [7, 11) is -5.54. The Balaban J connectivity index is 2.02. The molecule has 9 nitrogen and oxygen atoms in total. The number of nitrogen functional groups attached to an aromatic ring is 1. The van der Waals surface area contributed by atoms with Crippen LogP contribution in [-0.4, -0.2) is 39.0 Å². The van der Waals surface area contributed by atoms with Crippen molar-refractivity contribution in [1.82, 2.24) is 14.1 Å². The minimum Gasteiger partial charge on any atom is -0.493 e. The molecule has 0 unspecified atom stereocenters. The number of benzene rings is 1. The van der Waals surface area contributed by atoms with Gasteiger partial charge < -0.3 is 10.8 Å². The van der Waals surface area contributed by atoms with Gasteiger partial charge in [0.1, 0.15) is 11.5 Å². The van der Waals surface area contributed by atoms with Crippen LogP contribution in [0.4, 0.5) is 13.2 Å². The summed E-state index contributed by atoms with van der Waals surface area (Å²) in [6.45, 7) is 1.46. The number of nitrogens with two attached hydrogens (primary N) is 1. The number of sulfone groups is 1. The molecule has 3 aromatic rings. The van der Waals surface area contributed by atoms with Crippen LogP contribution in [0.2, 0.25) is 0 Å². The first-order valence-electron chi connectivity index (χ1n) is 8.57. The zero-order valence-corrected chi connectivity index (χ0v) is 16.7. The molecule has 1 aromatic carbocycles. The molecular weight excluding hydrogens is 439 g/mol. The molecule has 0 saturated carbocycles. The minimum absolute atomic E-state index is 0.00539. The molecule has 164 valence electrons. The number of amidine groups is 1. The summed E-state index contributed by atoms with van der Waals surface area (Å²) in [5.74, 6) is -0.725. The van der Waals surface area contributed by atoms with Crippen LogP contribution in [0.15, 0.2) is 52.3 Å². The Morgan fingerprint density at radius 3 is 2.39 bits per heavy atom. The van der Waals surface area contributed by atoms with Crippen LogP contribution in [-0.2, 0) is 16.4 Å². The van der Waals surface area contributed by atoms with Crippen LogP contribution in [0.25, 0.3) is 5.69 Å². The SMILES string of the molecule is Cc1c(O)n(-c2ccc(S(=O)(=O)C(F)(F)F)cc2)c(=O)n1Cc1ccnc(C(=N)N)c1. The molecule has 0 fully saturated rings. The molecule has 2 heterocycles. The van der Waals surface area contributed by atoms with Crippen molar-refractivity contribution in [3.05, 3.63) is 70.0 Å². The van der Waals surface area contributed by atoms with Gasteiger partial charge in [0.15, 0.2) is 0 Å². The Hall–Kier alpha value is -3.61. The van der Waals surface area contributed by atoms with E-state index in [2.05, 4.69) is 4.98 Å². The largest absolute Gasteiger partial charge is 0.501 e. The van der Waals surface area contributed by atoms with Crippen molar-refractivity contribution in [3.8, 4) is 11.6 Å². The third-order valence-electron chi connectivity index (χ3n) is 4.51. The van der Waals surface area contributed by atoms with Crippen molar-refractivity contribution >= 4 is 15.7 Å². The summed E-state index contributed by atoms with van der Waals surface area (Å²) in [6.07, 6.45) is 1.41. The van der Waals surface area contributed by atoms with Crippen LogP contribution < -0.4 is 11.4 Å². The van der Waals surface area contributed by atoms with Crippen molar-refractivity contribution in [2.24, 2.45) is 5.73 Å². The van der Waals surface area contributed by atoms with Gasteiger partial charge in [0.05, 0.1) is 22.8 Å². The number of aromatic hydroxyl groups is 1. The normalized spacial score (nSPS) is 12.1. The average molecular weight is 455 g/mol. The molecule has 0 saturated heterocycles. The zero-order valence-electron chi connectivity index (χ0n) is 15.9. The van der Waals surface area contributed by atoms with Gasteiger partial charge in [-0.2, -0.15) is 13.2 Å². The van der Waals surface area contributed by atoms with Gasteiger partial charge in [0.2, 0.25) is 5.88 Å². The summed E-state index contributed by atoms with van der Waals surface area (Å²) < 4.78 is 63.1. The number of alkyl halides is 3. The molecule has 3 rings (SSSR count). The maximum absolute atomic E-state index is 12.9. The molecule has 0 atom stereocenters. The molecule has 0 spiro atoms. The molecule has 0 aliphatic carbocycles. The Morgan fingerprint density at radius 1 is 1.23 bits per heavy atom. The average Bonchev–Trinajstić information content (AvgIpc) is 2.91. The van der Waals surface area contributed by atoms with Gasteiger partial charge in [0.25, 0.3) is 9.84 Å². The molecule has 0 bridgehead atoms. The highest BCUT2D eigenvalue weighted by molar-refractivity contribution is 7.92. The molecule has 0 amide bonds. The van der Waals surface area contributed by atoms with E-state index in [-0.39, 0.29) is 29.5 Å². The monoisotopic (exact) mass is 455 g/mol. The van der Waals surface area contributed by atoms with Gasteiger partial charge in [-0.05, 0) is 48.9 Å². The van der Waals surface area contributed by atoms with Crippen molar-refractivity contribution in [2.75, 3.05) is 0 Å². The Labute approximate surface area is 173 Å². The maximum Gasteiger partial charge on any atom is 0.501 e. The summed E-state index contributed by atoms with van der Waals surface area (Å²) in [5, 5.41) is 17.8. The molecule has 0 aliphatic rings. The topological polar surface area (TPSA) is 144 Å². The minimum atomic E-state index is -5.54. The van der Waals surface area contributed by atoms with E-state index in [4.69, 9.17) is 11.1 Å². The van der Waals surface area contributed by atoms with Crippen molar-refractivity contribution < 1.29 is 26.7 Å². The third-order valence-corrected chi connectivity index (χ3v) is 6.02. The smallest absolute Gasteiger partial charge is 0.493 e. The highest BCUT2D eigenvalue weighted by atomic mass is 32.2. The predicted octanol–water partition coefficient (Wildman–Crippen LogP) is 1.67. The maximum atomic E-state index is 12.9.